The average Bonchev–Trinajstić information content (AvgIpc) is 3.08. The number of aromatic nitrogens is 2. The van der Waals surface area contributed by atoms with Crippen LogP contribution < -0.4 is 0 Å². The van der Waals surface area contributed by atoms with Gasteiger partial charge in [-0.2, -0.15) is 0 Å². The van der Waals surface area contributed by atoms with Crippen LogP contribution in [0.5, 0.6) is 0 Å². The first kappa shape index (κ1) is 15.7. The van der Waals surface area contributed by atoms with Crippen LogP contribution in [0.15, 0.2) is 47.9 Å². The van der Waals surface area contributed by atoms with Crippen molar-refractivity contribution in [2.24, 2.45) is 0 Å². The molecule has 1 atom stereocenters. The van der Waals surface area contributed by atoms with E-state index in [2.05, 4.69) is 4.98 Å². The largest absolute Gasteiger partial charge is 0.337 e. The number of benzene rings is 1. The van der Waals surface area contributed by atoms with Gasteiger partial charge in [0.2, 0.25) is 0 Å². The number of amides is 1. The second-order valence-corrected chi connectivity index (χ2v) is 7.87. The van der Waals surface area contributed by atoms with E-state index >= 15 is 0 Å². The van der Waals surface area contributed by atoms with Crippen molar-refractivity contribution in [3.05, 3.63) is 48.5 Å². The van der Waals surface area contributed by atoms with Gasteiger partial charge in [0, 0.05) is 37.3 Å². The van der Waals surface area contributed by atoms with Crippen LogP contribution in [0.3, 0.4) is 0 Å². The molecule has 0 radical (unpaired) electrons. The molecule has 3 rings (SSSR count). The number of sulfone groups is 1. The number of imidazole rings is 1. The highest BCUT2D eigenvalue weighted by Gasteiger charge is 2.25. The number of carbonyl (C=O) groups excluding carboxylic acids is 1. The van der Waals surface area contributed by atoms with Gasteiger partial charge >= 0.3 is 0 Å². The van der Waals surface area contributed by atoms with Crippen molar-refractivity contribution in [3.63, 3.8) is 0 Å². The summed E-state index contributed by atoms with van der Waals surface area (Å²) in [5.74, 6) is -0.0603. The van der Waals surface area contributed by atoms with Crippen LogP contribution >= 0.6 is 0 Å². The fraction of sp³-hybridized carbons (Fsp3) is 0.375. The van der Waals surface area contributed by atoms with Crippen LogP contribution in [0.25, 0.3) is 0 Å². The molecule has 1 aromatic heterocycles. The molecule has 122 valence electrons. The molecule has 0 spiro atoms. The summed E-state index contributed by atoms with van der Waals surface area (Å²) in [5.41, 5.74) is 0.517. The first-order chi connectivity index (χ1) is 10.9. The van der Waals surface area contributed by atoms with Crippen molar-refractivity contribution in [1.29, 1.82) is 0 Å². The summed E-state index contributed by atoms with van der Waals surface area (Å²) in [5, 5.41) is 0. The molecule has 0 aliphatic carbocycles. The van der Waals surface area contributed by atoms with Crippen LogP contribution in [0.4, 0.5) is 0 Å². The van der Waals surface area contributed by atoms with Gasteiger partial charge in [-0.25, -0.2) is 13.4 Å². The van der Waals surface area contributed by atoms with E-state index in [4.69, 9.17) is 0 Å². The quantitative estimate of drug-likeness (QED) is 0.858. The third-order valence-electron chi connectivity index (χ3n) is 4.16. The van der Waals surface area contributed by atoms with E-state index in [0.717, 1.165) is 25.6 Å². The maximum Gasteiger partial charge on any atom is 0.253 e. The van der Waals surface area contributed by atoms with Crippen molar-refractivity contribution < 1.29 is 13.2 Å². The number of piperidine rings is 1. The highest BCUT2D eigenvalue weighted by molar-refractivity contribution is 7.90. The summed E-state index contributed by atoms with van der Waals surface area (Å²) >= 11 is 0. The Balaban J connectivity index is 1.75. The first-order valence-corrected chi connectivity index (χ1v) is 9.41. The van der Waals surface area contributed by atoms with E-state index in [-0.39, 0.29) is 16.8 Å². The molecule has 2 heterocycles. The zero-order chi connectivity index (χ0) is 16.4. The molecule has 0 bridgehead atoms. The standard InChI is InChI=1S/C16H19N3O3S/c1-23(21,22)15-6-4-13(5-7-15)16(20)18-9-2-3-14(11-18)19-10-8-17-12-19/h4-8,10,12,14H,2-3,9,11H2,1H3/t14-/m1/s1. The molecule has 7 heteroatoms. The zero-order valence-corrected chi connectivity index (χ0v) is 13.7. The number of hydrogen-bond donors (Lipinski definition) is 0. The molecule has 0 saturated carbocycles. The molecule has 23 heavy (non-hydrogen) atoms. The Morgan fingerprint density at radius 1 is 1.26 bits per heavy atom. The topological polar surface area (TPSA) is 72.3 Å². The molecule has 6 nitrogen and oxygen atoms in total. The number of carbonyl (C=O) groups is 1. The zero-order valence-electron chi connectivity index (χ0n) is 12.9. The SMILES string of the molecule is CS(=O)(=O)c1ccc(C(=O)N2CCC[C@@H](n3ccnc3)C2)cc1. The number of rotatable bonds is 3. The highest BCUT2D eigenvalue weighted by atomic mass is 32.2. The van der Waals surface area contributed by atoms with Gasteiger partial charge < -0.3 is 9.47 Å². The van der Waals surface area contributed by atoms with Crippen LogP contribution in [0, 0.1) is 0 Å². The van der Waals surface area contributed by atoms with Crippen LogP contribution in [-0.4, -0.2) is 48.1 Å². The maximum absolute atomic E-state index is 12.6. The lowest BCUT2D eigenvalue weighted by Crippen LogP contribution is -2.40. The molecule has 1 aliphatic heterocycles. The third-order valence-corrected chi connectivity index (χ3v) is 5.29. The molecular formula is C16H19N3O3S. The van der Waals surface area contributed by atoms with E-state index in [1.165, 1.54) is 12.1 Å². The summed E-state index contributed by atoms with van der Waals surface area (Å²) in [6.45, 7) is 1.36. The van der Waals surface area contributed by atoms with Crippen LogP contribution in [0.1, 0.15) is 29.2 Å². The Morgan fingerprint density at radius 3 is 2.61 bits per heavy atom. The third kappa shape index (κ3) is 3.44. The number of nitrogens with zero attached hydrogens (tertiary/aromatic N) is 3. The van der Waals surface area contributed by atoms with Gasteiger partial charge in [-0.1, -0.05) is 0 Å². The van der Waals surface area contributed by atoms with Crippen molar-refractivity contribution in [2.45, 2.75) is 23.8 Å². The van der Waals surface area contributed by atoms with Crippen molar-refractivity contribution >= 4 is 15.7 Å². The highest BCUT2D eigenvalue weighted by Crippen LogP contribution is 2.23. The lowest BCUT2D eigenvalue weighted by atomic mass is 10.0. The Hall–Kier alpha value is -2.15. The predicted octanol–water partition coefficient (Wildman–Crippen LogP) is 1.76. The predicted molar refractivity (Wildman–Crippen MR) is 86.0 cm³/mol. The summed E-state index contributed by atoms with van der Waals surface area (Å²) < 4.78 is 25.0. The Kier molecular flexibility index (Phi) is 4.21. The van der Waals surface area contributed by atoms with Gasteiger partial charge in [0.15, 0.2) is 9.84 Å². The van der Waals surface area contributed by atoms with Gasteiger partial charge in [0.1, 0.15) is 0 Å². The summed E-state index contributed by atoms with van der Waals surface area (Å²) in [4.78, 5) is 18.7. The average molecular weight is 333 g/mol. The lowest BCUT2D eigenvalue weighted by Gasteiger charge is -2.33. The Labute approximate surface area is 135 Å². The van der Waals surface area contributed by atoms with Crippen molar-refractivity contribution in [2.75, 3.05) is 19.3 Å². The minimum absolute atomic E-state index is 0.0603. The van der Waals surface area contributed by atoms with Crippen LogP contribution in [0.2, 0.25) is 0 Å². The van der Waals surface area contributed by atoms with E-state index < -0.39 is 9.84 Å². The molecule has 0 N–H and O–H groups in total. The summed E-state index contributed by atoms with van der Waals surface area (Å²) in [6.07, 6.45) is 8.55. The van der Waals surface area contributed by atoms with Gasteiger partial charge in [-0.15, -0.1) is 0 Å². The minimum atomic E-state index is -3.24. The summed E-state index contributed by atoms with van der Waals surface area (Å²) in [7, 11) is -3.24. The first-order valence-electron chi connectivity index (χ1n) is 7.52. The maximum atomic E-state index is 12.6. The summed E-state index contributed by atoms with van der Waals surface area (Å²) in [6, 6.07) is 6.38. The smallest absolute Gasteiger partial charge is 0.253 e. The monoisotopic (exact) mass is 333 g/mol. The molecule has 0 unspecified atom stereocenters. The molecular weight excluding hydrogens is 314 g/mol. The molecule has 2 aromatic rings. The molecule has 1 amide bonds. The fourth-order valence-electron chi connectivity index (χ4n) is 2.90. The van der Waals surface area contributed by atoms with E-state index in [9.17, 15) is 13.2 Å². The van der Waals surface area contributed by atoms with Gasteiger partial charge in [-0.05, 0) is 37.1 Å². The van der Waals surface area contributed by atoms with Crippen LogP contribution in [-0.2, 0) is 9.84 Å². The molecule has 1 fully saturated rings. The fourth-order valence-corrected chi connectivity index (χ4v) is 3.53. The van der Waals surface area contributed by atoms with Gasteiger partial charge in [0.25, 0.3) is 5.91 Å². The molecule has 1 saturated heterocycles. The van der Waals surface area contributed by atoms with Gasteiger partial charge in [0.05, 0.1) is 17.3 Å². The second kappa shape index (κ2) is 6.16. The Morgan fingerprint density at radius 2 is 2.00 bits per heavy atom. The number of likely N-dealkylation sites (tertiary alicyclic amines) is 1. The van der Waals surface area contributed by atoms with E-state index in [0.29, 0.717) is 12.1 Å². The van der Waals surface area contributed by atoms with E-state index in [1.54, 1.807) is 24.7 Å². The van der Waals surface area contributed by atoms with Crippen molar-refractivity contribution in [1.82, 2.24) is 14.5 Å². The minimum Gasteiger partial charge on any atom is -0.337 e. The molecule has 1 aliphatic rings. The van der Waals surface area contributed by atoms with Crippen molar-refractivity contribution in [3.8, 4) is 0 Å². The normalized spacial score (nSPS) is 18.8. The second-order valence-electron chi connectivity index (χ2n) is 5.85. The van der Waals surface area contributed by atoms with Gasteiger partial charge in [-0.3, -0.25) is 4.79 Å². The molecule has 1 aromatic carbocycles. The lowest BCUT2D eigenvalue weighted by molar-refractivity contribution is 0.0679. The number of hydrogen-bond acceptors (Lipinski definition) is 4. The Bertz CT molecular complexity index is 782. The van der Waals surface area contributed by atoms with E-state index in [1.807, 2.05) is 15.7 Å².